The van der Waals surface area contributed by atoms with Gasteiger partial charge in [-0.15, -0.1) is 0 Å². The van der Waals surface area contributed by atoms with Crippen LogP contribution in [0.3, 0.4) is 0 Å². The number of rotatable bonds is 7. The number of nitrogens with zero attached hydrogens (tertiary/aromatic N) is 1. The summed E-state index contributed by atoms with van der Waals surface area (Å²) in [5, 5.41) is 0. The quantitative estimate of drug-likeness (QED) is 0.827. The zero-order valence-corrected chi connectivity index (χ0v) is 14.7. The Morgan fingerprint density at radius 1 is 1.39 bits per heavy atom. The molecule has 128 valence electrons. The Hall–Kier alpha value is -0.950. The Balaban J connectivity index is 1.70. The van der Waals surface area contributed by atoms with Gasteiger partial charge in [-0.25, -0.2) is 0 Å². The van der Waals surface area contributed by atoms with Crippen LogP contribution in [-0.4, -0.2) is 44.6 Å². The first kappa shape index (κ1) is 16.9. The van der Waals surface area contributed by atoms with Crippen molar-refractivity contribution < 1.29 is 13.2 Å². The second-order valence-electron chi connectivity index (χ2n) is 6.92. The van der Waals surface area contributed by atoms with Gasteiger partial charge in [-0.3, -0.25) is 0 Å². The van der Waals surface area contributed by atoms with Crippen molar-refractivity contribution >= 4 is 10.2 Å². The molecule has 0 radical (unpaired) electrons. The van der Waals surface area contributed by atoms with Gasteiger partial charge in [-0.05, 0) is 44.6 Å². The largest absolute Gasteiger partial charge is 0.383 e. The van der Waals surface area contributed by atoms with E-state index in [2.05, 4.69) is 29.8 Å². The van der Waals surface area contributed by atoms with E-state index in [1.165, 1.54) is 11.1 Å². The molecule has 0 unspecified atom stereocenters. The SMILES string of the molecule is COC[C@H]1CCCN1S(=O)(=O)NC1(Cc2cccc(C)c2)CC1. The van der Waals surface area contributed by atoms with Crippen LogP contribution in [0, 0.1) is 6.92 Å². The number of benzene rings is 1. The molecule has 23 heavy (non-hydrogen) atoms. The Morgan fingerprint density at radius 3 is 2.83 bits per heavy atom. The molecule has 1 heterocycles. The zero-order valence-electron chi connectivity index (χ0n) is 13.9. The Kier molecular flexibility index (Phi) is 4.78. The van der Waals surface area contributed by atoms with E-state index in [9.17, 15) is 8.42 Å². The third kappa shape index (κ3) is 3.94. The van der Waals surface area contributed by atoms with Gasteiger partial charge in [0.25, 0.3) is 10.2 Å². The fraction of sp³-hybridized carbons (Fsp3) is 0.647. The highest BCUT2D eigenvalue weighted by Crippen LogP contribution is 2.40. The van der Waals surface area contributed by atoms with Gasteiger partial charge < -0.3 is 4.74 Å². The van der Waals surface area contributed by atoms with Crippen LogP contribution >= 0.6 is 0 Å². The summed E-state index contributed by atoms with van der Waals surface area (Å²) in [6.45, 7) is 3.11. The summed E-state index contributed by atoms with van der Waals surface area (Å²) < 4.78 is 35.3. The Morgan fingerprint density at radius 2 is 2.17 bits per heavy atom. The summed E-state index contributed by atoms with van der Waals surface area (Å²) in [6.07, 6.45) is 4.35. The lowest BCUT2D eigenvalue weighted by Crippen LogP contribution is -2.50. The summed E-state index contributed by atoms with van der Waals surface area (Å²) in [5.74, 6) is 0. The van der Waals surface area contributed by atoms with Crippen LogP contribution in [-0.2, 0) is 21.4 Å². The Labute approximate surface area is 139 Å². The van der Waals surface area contributed by atoms with Gasteiger partial charge in [0.2, 0.25) is 0 Å². The van der Waals surface area contributed by atoms with Crippen LogP contribution in [0.2, 0.25) is 0 Å². The molecule has 1 aliphatic heterocycles. The molecule has 0 spiro atoms. The normalized spacial score (nSPS) is 24.0. The van der Waals surface area contributed by atoms with Gasteiger partial charge in [0, 0.05) is 25.2 Å². The summed E-state index contributed by atoms with van der Waals surface area (Å²) in [5.41, 5.74) is 2.10. The summed E-state index contributed by atoms with van der Waals surface area (Å²) in [4.78, 5) is 0. The van der Waals surface area contributed by atoms with Crippen molar-refractivity contribution in [1.82, 2.24) is 9.03 Å². The molecule has 2 aliphatic rings. The topological polar surface area (TPSA) is 58.6 Å². The molecule has 1 N–H and O–H groups in total. The van der Waals surface area contributed by atoms with Crippen LogP contribution in [0.25, 0.3) is 0 Å². The van der Waals surface area contributed by atoms with Gasteiger partial charge >= 0.3 is 0 Å². The standard InChI is InChI=1S/C17H26N2O3S/c1-14-5-3-6-15(11-14)12-17(8-9-17)18-23(20,21)19-10-4-7-16(19)13-22-2/h3,5-6,11,16,18H,4,7-10,12-13H2,1-2H3/t16-/m1/s1. The van der Waals surface area contributed by atoms with Crippen LogP contribution < -0.4 is 4.72 Å². The van der Waals surface area contributed by atoms with Crippen molar-refractivity contribution in [2.45, 2.75) is 50.6 Å². The monoisotopic (exact) mass is 338 g/mol. The number of ether oxygens (including phenoxy) is 1. The maximum atomic E-state index is 12.8. The highest BCUT2D eigenvalue weighted by molar-refractivity contribution is 7.87. The second-order valence-corrected chi connectivity index (χ2v) is 8.54. The fourth-order valence-electron chi connectivity index (χ4n) is 3.50. The third-order valence-electron chi connectivity index (χ3n) is 4.81. The van der Waals surface area contributed by atoms with Gasteiger partial charge in [-0.1, -0.05) is 29.8 Å². The first-order valence-electron chi connectivity index (χ1n) is 8.29. The molecule has 3 rings (SSSR count). The van der Waals surface area contributed by atoms with E-state index in [4.69, 9.17) is 4.74 Å². The van der Waals surface area contributed by atoms with Crippen LogP contribution in [0.4, 0.5) is 0 Å². The second kappa shape index (κ2) is 6.51. The minimum Gasteiger partial charge on any atom is -0.383 e. The summed E-state index contributed by atoms with van der Waals surface area (Å²) in [6, 6.07) is 8.27. The molecule has 1 aromatic rings. The smallest absolute Gasteiger partial charge is 0.280 e. The van der Waals surface area contributed by atoms with Gasteiger partial charge in [0.1, 0.15) is 0 Å². The van der Waals surface area contributed by atoms with Crippen molar-refractivity contribution in [3.05, 3.63) is 35.4 Å². The van der Waals surface area contributed by atoms with Gasteiger partial charge in [0.15, 0.2) is 0 Å². The lowest BCUT2D eigenvalue weighted by atomic mass is 10.0. The average Bonchev–Trinajstić information content (AvgIpc) is 3.03. The lowest BCUT2D eigenvalue weighted by Gasteiger charge is -2.27. The van der Waals surface area contributed by atoms with Gasteiger partial charge in [-0.2, -0.15) is 17.4 Å². The summed E-state index contributed by atoms with van der Waals surface area (Å²) >= 11 is 0. The molecule has 5 nitrogen and oxygen atoms in total. The molecule has 1 saturated heterocycles. The molecule has 0 amide bonds. The molecule has 1 aliphatic carbocycles. The van der Waals surface area contributed by atoms with Crippen molar-refractivity contribution in [2.75, 3.05) is 20.3 Å². The molecule has 1 saturated carbocycles. The molecule has 1 aromatic carbocycles. The maximum Gasteiger partial charge on any atom is 0.280 e. The summed E-state index contributed by atoms with van der Waals surface area (Å²) in [7, 11) is -1.83. The molecule has 1 atom stereocenters. The maximum absolute atomic E-state index is 12.8. The van der Waals surface area contributed by atoms with E-state index in [1.54, 1.807) is 11.4 Å². The third-order valence-corrected chi connectivity index (χ3v) is 6.60. The van der Waals surface area contributed by atoms with Crippen molar-refractivity contribution in [3.8, 4) is 0 Å². The van der Waals surface area contributed by atoms with E-state index in [1.807, 2.05) is 6.07 Å². The van der Waals surface area contributed by atoms with Crippen molar-refractivity contribution in [1.29, 1.82) is 0 Å². The number of nitrogens with one attached hydrogen (secondary N) is 1. The molecule has 0 bridgehead atoms. The molecular weight excluding hydrogens is 312 g/mol. The highest BCUT2D eigenvalue weighted by atomic mass is 32.2. The lowest BCUT2D eigenvalue weighted by molar-refractivity contribution is 0.148. The molecule has 2 fully saturated rings. The van der Waals surface area contributed by atoms with Crippen LogP contribution in [0.1, 0.15) is 36.8 Å². The number of aryl methyl sites for hydroxylation is 1. The zero-order chi connectivity index (χ0) is 16.5. The van der Waals surface area contributed by atoms with Crippen molar-refractivity contribution in [3.63, 3.8) is 0 Å². The first-order valence-corrected chi connectivity index (χ1v) is 9.73. The average molecular weight is 338 g/mol. The fourth-order valence-corrected chi connectivity index (χ4v) is 5.36. The minimum atomic E-state index is -3.45. The first-order chi connectivity index (χ1) is 10.9. The molecule has 0 aromatic heterocycles. The van der Waals surface area contributed by atoms with E-state index in [-0.39, 0.29) is 11.6 Å². The minimum absolute atomic E-state index is 0.0349. The van der Waals surface area contributed by atoms with Gasteiger partial charge in [0.05, 0.1) is 6.61 Å². The van der Waals surface area contributed by atoms with E-state index < -0.39 is 10.2 Å². The molecular formula is C17H26N2O3S. The van der Waals surface area contributed by atoms with Crippen LogP contribution in [0.15, 0.2) is 24.3 Å². The number of methoxy groups -OCH3 is 1. The van der Waals surface area contributed by atoms with Crippen molar-refractivity contribution in [2.24, 2.45) is 0 Å². The predicted octanol–water partition coefficient (Wildman–Crippen LogP) is 2.02. The number of hydrogen-bond donors (Lipinski definition) is 1. The predicted molar refractivity (Wildman–Crippen MR) is 90.5 cm³/mol. The Bertz CT molecular complexity index is 656. The van der Waals surface area contributed by atoms with Crippen LogP contribution in [0.5, 0.6) is 0 Å². The van der Waals surface area contributed by atoms with E-state index >= 15 is 0 Å². The van der Waals surface area contributed by atoms with E-state index in [0.717, 1.165) is 32.1 Å². The van der Waals surface area contributed by atoms with E-state index in [0.29, 0.717) is 13.2 Å². The molecule has 6 heteroatoms. The highest BCUT2D eigenvalue weighted by Gasteiger charge is 2.48. The number of hydrogen-bond acceptors (Lipinski definition) is 3.